The molecular formula is C17H17FN2O2. The number of anilines is 1. The molecule has 114 valence electrons. The highest BCUT2D eigenvalue weighted by molar-refractivity contribution is 5.57. The highest BCUT2D eigenvalue weighted by Gasteiger charge is 2.11. The fraction of sp³-hybridized carbons (Fsp3) is 0.235. The summed E-state index contributed by atoms with van der Waals surface area (Å²) in [6, 6.07) is 13.7. The lowest BCUT2D eigenvalue weighted by molar-refractivity contribution is 0.223. The molecule has 1 atom stereocenters. The fourth-order valence-electron chi connectivity index (χ4n) is 2.01. The second-order valence-electron chi connectivity index (χ2n) is 4.73. The van der Waals surface area contributed by atoms with Crippen molar-refractivity contribution in [3.05, 3.63) is 53.8 Å². The van der Waals surface area contributed by atoms with Crippen molar-refractivity contribution < 1.29 is 13.9 Å². The first-order valence-electron chi connectivity index (χ1n) is 6.88. The average molecular weight is 300 g/mol. The van der Waals surface area contributed by atoms with Gasteiger partial charge in [-0.15, -0.1) is 0 Å². The van der Waals surface area contributed by atoms with Crippen LogP contribution in [0.2, 0.25) is 0 Å². The van der Waals surface area contributed by atoms with E-state index < -0.39 is 5.82 Å². The van der Waals surface area contributed by atoms with Gasteiger partial charge in [-0.2, -0.15) is 5.26 Å². The molecule has 22 heavy (non-hydrogen) atoms. The first kappa shape index (κ1) is 15.6. The topological polar surface area (TPSA) is 54.3 Å². The number of hydrogen-bond donors (Lipinski definition) is 1. The monoisotopic (exact) mass is 300 g/mol. The molecule has 0 spiro atoms. The summed E-state index contributed by atoms with van der Waals surface area (Å²) in [5.41, 5.74) is 0.463. The largest absolute Gasteiger partial charge is 0.493 e. The van der Waals surface area contributed by atoms with Crippen LogP contribution < -0.4 is 14.8 Å². The molecule has 4 nitrogen and oxygen atoms in total. The lowest BCUT2D eigenvalue weighted by Gasteiger charge is -2.18. The Bertz CT molecular complexity index is 683. The Morgan fingerprint density at radius 2 is 1.91 bits per heavy atom. The Morgan fingerprint density at radius 1 is 1.18 bits per heavy atom. The fourth-order valence-corrected chi connectivity index (χ4v) is 2.01. The molecule has 2 aromatic rings. The summed E-state index contributed by atoms with van der Waals surface area (Å²) in [6.07, 6.45) is -0.189. The third kappa shape index (κ3) is 3.67. The maximum Gasteiger partial charge on any atom is 0.161 e. The van der Waals surface area contributed by atoms with Crippen LogP contribution >= 0.6 is 0 Å². The summed E-state index contributed by atoms with van der Waals surface area (Å²) in [5, 5.41) is 12.0. The van der Waals surface area contributed by atoms with Crippen molar-refractivity contribution in [2.75, 3.05) is 19.0 Å². The molecule has 0 fully saturated rings. The first-order valence-corrected chi connectivity index (χ1v) is 6.88. The number of methoxy groups -OCH3 is 1. The highest BCUT2D eigenvalue weighted by Crippen LogP contribution is 2.27. The van der Waals surface area contributed by atoms with Crippen molar-refractivity contribution in [3.8, 4) is 17.6 Å². The van der Waals surface area contributed by atoms with E-state index >= 15 is 0 Å². The van der Waals surface area contributed by atoms with Crippen molar-refractivity contribution in [3.63, 3.8) is 0 Å². The van der Waals surface area contributed by atoms with E-state index in [1.165, 1.54) is 6.07 Å². The van der Waals surface area contributed by atoms with E-state index in [0.29, 0.717) is 23.7 Å². The van der Waals surface area contributed by atoms with Crippen molar-refractivity contribution in [1.82, 2.24) is 0 Å². The van der Waals surface area contributed by atoms with Crippen molar-refractivity contribution in [2.24, 2.45) is 0 Å². The summed E-state index contributed by atoms with van der Waals surface area (Å²) in [5.74, 6) is 0.752. The van der Waals surface area contributed by atoms with Crippen molar-refractivity contribution in [1.29, 1.82) is 5.26 Å². The molecule has 2 aromatic carbocycles. The lowest BCUT2D eigenvalue weighted by Crippen LogP contribution is -2.23. The Labute approximate surface area is 129 Å². The van der Waals surface area contributed by atoms with Gasteiger partial charge in [0, 0.05) is 0 Å². The van der Waals surface area contributed by atoms with Gasteiger partial charge in [0.25, 0.3) is 0 Å². The van der Waals surface area contributed by atoms with Gasteiger partial charge in [-0.3, -0.25) is 0 Å². The zero-order chi connectivity index (χ0) is 15.9. The molecule has 0 radical (unpaired) electrons. The van der Waals surface area contributed by atoms with Gasteiger partial charge < -0.3 is 14.8 Å². The Hall–Kier alpha value is -2.74. The van der Waals surface area contributed by atoms with Gasteiger partial charge in [-0.25, -0.2) is 4.39 Å². The van der Waals surface area contributed by atoms with E-state index in [0.717, 1.165) is 0 Å². The van der Waals surface area contributed by atoms with Crippen molar-refractivity contribution in [2.45, 2.75) is 13.0 Å². The quantitative estimate of drug-likeness (QED) is 0.886. The summed E-state index contributed by atoms with van der Waals surface area (Å²) in [7, 11) is 1.58. The molecule has 0 amide bonds. The van der Waals surface area contributed by atoms with Crippen LogP contribution in [0.3, 0.4) is 0 Å². The third-order valence-corrected chi connectivity index (χ3v) is 3.10. The molecule has 0 saturated heterocycles. The molecule has 1 unspecified atom stereocenters. The van der Waals surface area contributed by atoms with Gasteiger partial charge in [-0.1, -0.05) is 18.2 Å². The molecule has 0 aromatic heterocycles. The van der Waals surface area contributed by atoms with Gasteiger partial charge >= 0.3 is 0 Å². The number of hydrogen-bond acceptors (Lipinski definition) is 4. The maximum absolute atomic E-state index is 13.5. The number of benzene rings is 2. The van der Waals surface area contributed by atoms with Crippen LogP contribution in [-0.2, 0) is 0 Å². The van der Waals surface area contributed by atoms with Crippen LogP contribution in [-0.4, -0.2) is 19.8 Å². The van der Waals surface area contributed by atoms with Crippen LogP contribution in [0.5, 0.6) is 11.5 Å². The third-order valence-electron chi connectivity index (χ3n) is 3.10. The second kappa shape index (κ2) is 7.32. The maximum atomic E-state index is 13.5. The number of nitrogens with one attached hydrogen (secondary N) is 1. The number of ether oxygens (including phenoxy) is 2. The minimum atomic E-state index is -0.536. The zero-order valence-corrected chi connectivity index (χ0v) is 12.5. The molecule has 0 saturated carbocycles. The Kier molecular flexibility index (Phi) is 5.21. The molecule has 0 heterocycles. The zero-order valence-electron chi connectivity index (χ0n) is 12.5. The van der Waals surface area contributed by atoms with E-state index in [9.17, 15) is 4.39 Å². The van der Waals surface area contributed by atoms with Gasteiger partial charge in [0.05, 0.1) is 19.3 Å². The van der Waals surface area contributed by atoms with Gasteiger partial charge in [0.15, 0.2) is 11.5 Å². The molecule has 0 aliphatic rings. The number of nitriles is 1. The lowest BCUT2D eigenvalue weighted by atomic mass is 10.2. The predicted octanol–water partition coefficient (Wildman–Crippen LogP) is 3.59. The van der Waals surface area contributed by atoms with E-state index in [1.807, 2.05) is 37.3 Å². The smallest absolute Gasteiger partial charge is 0.161 e. The van der Waals surface area contributed by atoms with E-state index in [2.05, 4.69) is 5.32 Å². The average Bonchev–Trinajstić information content (AvgIpc) is 2.53. The predicted molar refractivity (Wildman–Crippen MR) is 82.7 cm³/mol. The van der Waals surface area contributed by atoms with Crippen LogP contribution in [0, 0.1) is 17.1 Å². The summed E-state index contributed by atoms with van der Waals surface area (Å²) < 4.78 is 24.5. The minimum Gasteiger partial charge on any atom is -0.493 e. The molecule has 5 heteroatoms. The van der Waals surface area contributed by atoms with E-state index in [1.54, 1.807) is 19.2 Å². The molecule has 2 rings (SSSR count). The van der Waals surface area contributed by atoms with E-state index in [-0.39, 0.29) is 11.7 Å². The Balaban J connectivity index is 2.00. The highest BCUT2D eigenvalue weighted by atomic mass is 19.1. The van der Waals surface area contributed by atoms with Crippen LogP contribution in [0.1, 0.15) is 12.5 Å². The van der Waals surface area contributed by atoms with Crippen molar-refractivity contribution >= 4 is 5.69 Å². The molecule has 0 bridgehead atoms. The number of para-hydroxylation sites is 2. The van der Waals surface area contributed by atoms with Gasteiger partial charge in [-0.05, 0) is 31.2 Å². The second-order valence-corrected chi connectivity index (χ2v) is 4.73. The summed E-state index contributed by atoms with van der Waals surface area (Å²) >= 11 is 0. The normalized spacial score (nSPS) is 11.4. The van der Waals surface area contributed by atoms with Gasteiger partial charge in [0.2, 0.25) is 0 Å². The summed E-state index contributed by atoms with van der Waals surface area (Å²) in [6.45, 7) is 2.31. The van der Waals surface area contributed by atoms with Crippen LogP contribution in [0.25, 0.3) is 0 Å². The number of nitrogens with zero attached hydrogens (tertiary/aromatic N) is 1. The Morgan fingerprint density at radius 3 is 2.59 bits per heavy atom. The summed E-state index contributed by atoms with van der Waals surface area (Å²) in [4.78, 5) is 0. The van der Waals surface area contributed by atoms with E-state index in [4.69, 9.17) is 14.7 Å². The molecular weight excluding hydrogens is 283 g/mol. The number of halogens is 1. The van der Waals surface area contributed by atoms with Crippen LogP contribution in [0.15, 0.2) is 42.5 Å². The van der Waals surface area contributed by atoms with Gasteiger partial charge in [0.1, 0.15) is 23.6 Å². The molecule has 1 N–H and O–H groups in total. The number of rotatable bonds is 6. The minimum absolute atomic E-state index is 0.00647. The SMILES string of the molecule is COc1ccccc1OC(C)CNc1cccc(F)c1C#N. The first-order chi connectivity index (χ1) is 10.7. The molecule has 0 aliphatic heterocycles. The molecule has 0 aliphatic carbocycles. The standard InChI is InChI=1S/C17H17FN2O2/c1-12(22-17-9-4-3-8-16(17)21-2)11-20-15-7-5-6-14(18)13(15)10-19/h3-9,12,20H,11H2,1-2H3. The van der Waals surface area contributed by atoms with Crippen LogP contribution in [0.4, 0.5) is 10.1 Å².